The van der Waals surface area contributed by atoms with Crippen molar-refractivity contribution >= 4 is 40.4 Å². The Hall–Kier alpha value is -4.17. The minimum absolute atomic E-state index is 0.349. The highest BCUT2D eigenvalue weighted by atomic mass is 16.5. The number of anilines is 3. The number of morpholine rings is 1. The van der Waals surface area contributed by atoms with E-state index in [2.05, 4.69) is 26.3 Å². The average molecular weight is 470 g/mol. The van der Waals surface area contributed by atoms with Crippen LogP contribution in [0.3, 0.4) is 0 Å². The summed E-state index contributed by atoms with van der Waals surface area (Å²) in [6.45, 7) is 4.93. The molecule has 1 fully saturated rings. The number of carbonyl (C=O) groups is 1. The van der Waals surface area contributed by atoms with Crippen LogP contribution in [0.25, 0.3) is 28.1 Å². The summed E-state index contributed by atoms with van der Waals surface area (Å²) < 4.78 is 10.6. The predicted molar refractivity (Wildman–Crippen MR) is 138 cm³/mol. The first-order valence-corrected chi connectivity index (χ1v) is 11.7. The molecule has 0 atom stereocenters. The number of aromatic amines is 1. The molecule has 0 aliphatic carbocycles. The lowest BCUT2D eigenvalue weighted by Gasteiger charge is -2.29. The minimum Gasteiger partial charge on any atom is -0.463 e. The molecule has 0 unspecified atom stereocenters. The van der Waals surface area contributed by atoms with Crippen molar-refractivity contribution in [2.24, 2.45) is 0 Å². The average Bonchev–Trinajstić information content (AvgIpc) is 3.38. The number of fused-ring (bicyclic) bond motifs is 1. The standard InChI is InChI=1S/C27H27N5O3/c1-2-35-24(33)10-9-19-5-3-7-21(17-19)22-18-29-27(31-26(22)32-13-15-34-16-14-32)30-23-8-4-6-20-11-12-28-25(20)23/h3-12,17-18,28H,2,13-16H2,1H3,(H,29,30,31)/b10-9+. The van der Waals surface area contributed by atoms with E-state index in [0.29, 0.717) is 25.8 Å². The molecule has 1 saturated heterocycles. The van der Waals surface area contributed by atoms with E-state index >= 15 is 0 Å². The van der Waals surface area contributed by atoms with E-state index < -0.39 is 0 Å². The van der Waals surface area contributed by atoms with Gasteiger partial charge in [-0.25, -0.2) is 9.78 Å². The number of hydrogen-bond donors (Lipinski definition) is 2. The molecular formula is C27H27N5O3. The molecule has 35 heavy (non-hydrogen) atoms. The summed E-state index contributed by atoms with van der Waals surface area (Å²) in [5.41, 5.74) is 4.70. The minimum atomic E-state index is -0.359. The van der Waals surface area contributed by atoms with Crippen LogP contribution in [0, 0.1) is 0 Å². The summed E-state index contributed by atoms with van der Waals surface area (Å²) in [7, 11) is 0. The number of hydrogen-bond acceptors (Lipinski definition) is 7. The molecule has 178 valence electrons. The van der Waals surface area contributed by atoms with E-state index in [1.165, 1.54) is 6.08 Å². The summed E-state index contributed by atoms with van der Waals surface area (Å²) in [4.78, 5) is 26.8. The van der Waals surface area contributed by atoms with E-state index in [4.69, 9.17) is 14.5 Å². The second kappa shape index (κ2) is 10.4. The zero-order valence-electron chi connectivity index (χ0n) is 19.5. The van der Waals surface area contributed by atoms with Gasteiger partial charge < -0.3 is 24.7 Å². The normalized spacial score (nSPS) is 13.9. The molecular weight excluding hydrogens is 442 g/mol. The fraction of sp³-hybridized carbons (Fsp3) is 0.222. The molecule has 0 spiro atoms. The van der Waals surface area contributed by atoms with Crippen LogP contribution in [-0.2, 0) is 14.3 Å². The van der Waals surface area contributed by atoms with Crippen molar-refractivity contribution in [1.29, 1.82) is 0 Å². The molecule has 5 rings (SSSR count). The molecule has 0 bridgehead atoms. The van der Waals surface area contributed by atoms with Crippen LogP contribution in [-0.4, -0.2) is 53.8 Å². The lowest BCUT2D eigenvalue weighted by Crippen LogP contribution is -2.37. The topological polar surface area (TPSA) is 92.4 Å². The van der Waals surface area contributed by atoms with Gasteiger partial charge in [-0.15, -0.1) is 0 Å². The summed E-state index contributed by atoms with van der Waals surface area (Å²) in [6, 6.07) is 16.1. The van der Waals surface area contributed by atoms with Crippen molar-refractivity contribution in [3.63, 3.8) is 0 Å². The quantitative estimate of drug-likeness (QED) is 0.297. The number of nitrogens with one attached hydrogen (secondary N) is 2. The Bertz CT molecular complexity index is 1360. The second-order valence-corrected chi connectivity index (χ2v) is 8.11. The van der Waals surface area contributed by atoms with E-state index in [0.717, 1.165) is 52.2 Å². The number of carbonyl (C=O) groups excluding carboxylic acids is 1. The van der Waals surface area contributed by atoms with Crippen molar-refractivity contribution in [2.75, 3.05) is 43.1 Å². The zero-order valence-corrected chi connectivity index (χ0v) is 19.5. The summed E-state index contributed by atoms with van der Waals surface area (Å²) in [6.07, 6.45) is 6.96. The fourth-order valence-corrected chi connectivity index (χ4v) is 4.13. The Balaban J connectivity index is 1.49. The number of esters is 1. The third kappa shape index (κ3) is 5.17. The smallest absolute Gasteiger partial charge is 0.330 e. The van der Waals surface area contributed by atoms with Crippen molar-refractivity contribution in [3.05, 3.63) is 72.6 Å². The molecule has 8 nitrogen and oxygen atoms in total. The lowest BCUT2D eigenvalue weighted by atomic mass is 10.0. The monoisotopic (exact) mass is 469 g/mol. The van der Waals surface area contributed by atoms with Crippen LogP contribution in [0.4, 0.5) is 17.5 Å². The molecule has 2 N–H and O–H groups in total. The number of H-pyrrole nitrogens is 1. The highest BCUT2D eigenvalue weighted by molar-refractivity contribution is 5.92. The van der Waals surface area contributed by atoms with Crippen LogP contribution in [0.15, 0.2) is 67.0 Å². The van der Waals surface area contributed by atoms with E-state index in [9.17, 15) is 4.79 Å². The fourth-order valence-electron chi connectivity index (χ4n) is 4.13. The first kappa shape index (κ1) is 22.6. The molecule has 1 aliphatic heterocycles. The van der Waals surface area contributed by atoms with Crippen molar-refractivity contribution < 1.29 is 14.3 Å². The first-order chi connectivity index (χ1) is 17.2. The van der Waals surface area contributed by atoms with Gasteiger partial charge in [0.2, 0.25) is 5.95 Å². The van der Waals surface area contributed by atoms with Gasteiger partial charge in [-0.3, -0.25) is 0 Å². The van der Waals surface area contributed by atoms with Gasteiger partial charge in [0, 0.05) is 42.5 Å². The Morgan fingerprint density at radius 3 is 2.91 bits per heavy atom. The van der Waals surface area contributed by atoms with Gasteiger partial charge >= 0.3 is 5.97 Å². The molecule has 3 heterocycles. The third-order valence-electron chi connectivity index (χ3n) is 5.81. The maximum atomic E-state index is 11.7. The van der Waals surface area contributed by atoms with Crippen LogP contribution < -0.4 is 10.2 Å². The Morgan fingerprint density at radius 1 is 1.20 bits per heavy atom. The summed E-state index contributed by atoms with van der Waals surface area (Å²) >= 11 is 0. The van der Waals surface area contributed by atoms with E-state index in [-0.39, 0.29) is 5.97 Å². The van der Waals surface area contributed by atoms with Crippen LogP contribution in [0.2, 0.25) is 0 Å². The maximum absolute atomic E-state index is 11.7. The number of ether oxygens (including phenoxy) is 2. The molecule has 0 saturated carbocycles. The number of para-hydroxylation sites is 1. The molecule has 8 heteroatoms. The molecule has 2 aromatic carbocycles. The SMILES string of the molecule is CCOC(=O)/C=C/c1cccc(-c2cnc(Nc3cccc4cc[nH]c34)nc2N2CCOCC2)c1. The number of rotatable bonds is 7. The zero-order chi connectivity index (χ0) is 24.0. The number of nitrogens with zero attached hydrogens (tertiary/aromatic N) is 3. The predicted octanol–water partition coefficient (Wildman–Crippen LogP) is 4.78. The van der Waals surface area contributed by atoms with Crippen LogP contribution in [0.5, 0.6) is 0 Å². The summed E-state index contributed by atoms with van der Waals surface area (Å²) in [5, 5.41) is 4.49. The largest absolute Gasteiger partial charge is 0.463 e. The molecule has 0 radical (unpaired) electrons. The maximum Gasteiger partial charge on any atom is 0.330 e. The van der Waals surface area contributed by atoms with Gasteiger partial charge in [0.05, 0.1) is 31.0 Å². The highest BCUT2D eigenvalue weighted by Crippen LogP contribution is 2.32. The van der Waals surface area contributed by atoms with Crippen LogP contribution >= 0.6 is 0 Å². The number of aromatic nitrogens is 3. The molecule has 4 aromatic rings. The van der Waals surface area contributed by atoms with Gasteiger partial charge in [0.1, 0.15) is 5.82 Å². The van der Waals surface area contributed by atoms with Gasteiger partial charge in [-0.05, 0) is 42.3 Å². The first-order valence-electron chi connectivity index (χ1n) is 11.7. The van der Waals surface area contributed by atoms with Crippen molar-refractivity contribution in [1.82, 2.24) is 15.0 Å². The second-order valence-electron chi connectivity index (χ2n) is 8.11. The van der Waals surface area contributed by atoms with Gasteiger partial charge in [0.15, 0.2) is 0 Å². The molecule has 0 amide bonds. The number of benzene rings is 2. The molecule has 1 aliphatic rings. The van der Waals surface area contributed by atoms with E-state index in [1.807, 2.05) is 54.9 Å². The highest BCUT2D eigenvalue weighted by Gasteiger charge is 2.19. The van der Waals surface area contributed by atoms with Crippen LogP contribution in [0.1, 0.15) is 12.5 Å². The Labute approximate surface area is 203 Å². The Kier molecular flexibility index (Phi) is 6.72. The molecule has 2 aromatic heterocycles. The Morgan fingerprint density at radius 2 is 2.06 bits per heavy atom. The summed E-state index contributed by atoms with van der Waals surface area (Å²) in [5.74, 6) is 1.01. The van der Waals surface area contributed by atoms with Crippen molar-refractivity contribution in [2.45, 2.75) is 6.92 Å². The van der Waals surface area contributed by atoms with Gasteiger partial charge in [-0.1, -0.05) is 30.3 Å². The third-order valence-corrected chi connectivity index (χ3v) is 5.81. The van der Waals surface area contributed by atoms with Crippen molar-refractivity contribution in [3.8, 4) is 11.1 Å². The van der Waals surface area contributed by atoms with E-state index in [1.54, 1.807) is 13.0 Å². The van der Waals surface area contributed by atoms with Gasteiger partial charge in [-0.2, -0.15) is 4.98 Å². The lowest BCUT2D eigenvalue weighted by molar-refractivity contribution is -0.137. The van der Waals surface area contributed by atoms with Gasteiger partial charge in [0.25, 0.3) is 0 Å².